The van der Waals surface area contributed by atoms with Crippen LogP contribution in [0.25, 0.3) is 5.82 Å². The van der Waals surface area contributed by atoms with Crippen LogP contribution in [0.1, 0.15) is 5.56 Å². The normalized spacial score (nSPS) is 14.1. The Bertz CT molecular complexity index is 953. The Hall–Kier alpha value is -3.33. The summed E-state index contributed by atoms with van der Waals surface area (Å²) in [4.78, 5) is 22.9. The van der Waals surface area contributed by atoms with E-state index < -0.39 is 0 Å². The predicted octanol–water partition coefficient (Wildman–Crippen LogP) is 1.82. The van der Waals surface area contributed by atoms with Gasteiger partial charge in [-0.1, -0.05) is 12.1 Å². The number of carbonyl (C=O) groups is 1. The lowest BCUT2D eigenvalue weighted by atomic mass is 10.1. The second kappa shape index (κ2) is 8.13. The van der Waals surface area contributed by atoms with E-state index in [1.54, 1.807) is 35.4 Å². The number of halogens is 1. The average Bonchev–Trinajstić information content (AvgIpc) is 3.18. The number of hydrogen-bond acceptors (Lipinski definition) is 6. The molecule has 144 valence electrons. The molecule has 0 aliphatic carbocycles. The van der Waals surface area contributed by atoms with Crippen molar-refractivity contribution in [1.29, 1.82) is 0 Å². The fraction of sp³-hybridized carbons (Fsp3) is 0.263. The van der Waals surface area contributed by atoms with Crippen LogP contribution in [0.2, 0.25) is 0 Å². The Kier molecular flexibility index (Phi) is 5.24. The van der Waals surface area contributed by atoms with Crippen molar-refractivity contribution >= 4 is 17.3 Å². The summed E-state index contributed by atoms with van der Waals surface area (Å²) in [6.07, 6.45) is 6.64. The van der Waals surface area contributed by atoms with E-state index >= 15 is 0 Å². The van der Waals surface area contributed by atoms with Crippen molar-refractivity contribution < 1.29 is 13.9 Å². The van der Waals surface area contributed by atoms with Gasteiger partial charge < -0.3 is 15.0 Å². The summed E-state index contributed by atoms with van der Waals surface area (Å²) < 4.78 is 20.0. The summed E-state index contributed by atoms with van der Waals surface area (Å²) in [5.41, 5.74) is 2.15. The van der Waals surface area contributed by atoms with Gasteiger partial charge in [0.25, 0.3) is 0 Å². The van der Waals surface area contributed by atoms with Crippen molar-refractivity contribution in [2.75, 3.05) is 36.5 Å². The molecule has 3 heterocycles. The lowest BCUT2D eigenvalue weighted by molar-refractivity contribution is -0.115. The molecule has 0 radical (unpaired) electrons. The molecule has 3 aromatic rings. The minimum Gasteiger partial charge on any atom is -0.378 e. The molecule has 0 saturated carbocycles. The van der Waals surface area contributed by atoms with E-state index in [-0.39, 0.29) is 18.1 Å². The smallest absolute Gasteiger partial charge is 0.228 e. The molecule has 0 unspecified atom stereocenters. The van der Waals surface area contributed by atoms with E-state index in [9.17, 15) is 9.18 Å². The van der Waals surface area contributed by atoms with Gasteiger partial charge >= 0.3 is 0 Å². The monoisotopic (exact) mass is 382 g/mol. The summed E-state index contributed by atoms with van der Waals surface area (Å²) in [5.74, 6) is 0.101. The number of aromatic nitrogens is 4. The summed E-state index contributed by atoms with van der Waals surface area (Å²) in [5, 5.41) is 7.12. The zero-order valence-electron chi connectivity index (χ0n) is 15.1. The zero-order valence-corrected chi connectivity index (χ0v) is 15.1. The van der Waals surface area contributed by atoms with E-state index in [2.05, 4.69) is 25.3 Å². The number of amides is 1. The maximum absolute atomic E-state index is 13.0. The molecule has 8 nitrogen and oxygen atoms in total. The van der Waals surface area contributed by atoms with Crippen LogP contribution in [0.4, 0.5) is 15.8 Å². The minimum absolute atomic E-state index is 0.151. The molecule has 4 rings (SSSR count). The second-order valence-electron chi connectivity index (χ2n) is 6.36. The number of morpholine rings is 1. The van der Waals surface area contributed by atoms with Crippen LogP contribution in [0.3, 0.4) is 0 Å². The van der Waals surface area contributed by atoms with Crippen molar-refractivity contribution in [3.05, 3.63) is 60.6 Å². The lowest BCUT2D eigenvalue weighted by Crippen LogP contribution is -2.37. The number of ether oxygens (including phenoxy) is 1. The highest BCUT2D eigenvalue weighted by atomic mass is 19.1. The van der Waals surface area contributed by atoms with Crippen molar-refractivity contribution in [3.63, 3.8) is 0 Å². The Labute approximate surface area is 161 Å². The van der Waals surface area contributed by atoms with Gasteiger partial charge in [-0.25, -0.2) is 19.0 Å². The Balaban J connectivity index is 1.47. The molecule has 1 N–H and O–H groups in total. The summed E-state index contributed by atoms with van der Waals surface area (Å²) >= 11 is 0. The van der Waals surface area contributed by atoms with E-state index in [0.717, 1.165) is 24.3 Å². The SMILES string of the molecule is O=C(Cc1ccc(F)cc1)Nc1cnn(-c2ncncc2N2CCOCC2)c1. The van der Waals surface area contributed by atoms with Crippen molar-refractivity contribution in [3.8, 4) is 5.82 Å². The van der Waals surface area contributed by atoms with Crippen LogP contribution in [-0.2, 0) is 16.0 Å². The number of nitrogens with zero attached hydrogens (tertiary/aromatic N) is 5. The van der Waals surface area contributed by atoms with Gasteiger partial charge in [-0.15, -0.1) is 0 Å². The van der Waals surface area contributed by atoms with Crippen molar-refractivity contribution in [2.24, 2.45) is 0 Å². The molecule has 1 amide bonds. The van der Waals surface area contributed by atoms with Crippen LogP contribution in [0, 0.1) is 5.82 Å². The quantitative estimate of drug-likeness (QED) is 0.725. The van der Waals surface area contributed by atoms with Gasteiger partial charge in [-0.2, -0.15) is 5.10 Å². The topological polar surface area (TPSA) is 85.2 Å². The van der Waals surface area contributed by atoms with Crippen LogP contribution >= 0.6 is 0 Å². The highest BCUT2D eigenvalue weighted by Gasteiger charge is 2.18. The molecule has 1 aliphatic heterocycles. The van der Waals surface area contributed by atoms with Crippen LogP contribution in [0.15, 0.2) is 49.2 Å². The molecule has 9 heteroatoms. The first-order valence-corrected chi connectivity index (χ1v) is 8.91. The molecular formula is C19H19FN6O2. The molecule has 1 aromatic carbocycles. The zero-order chi connectivity index (χ0) is 19.3. The minimum atomic E-state index is -0.327. The van der Waals surface area contributed by atoms with Crippen molar-refractivity contribution in [2.45, 2.75) is 6.42 Å². The molecule has 2 aromatic heterocycles. The molecule has 1 aliphatic rings. The maximum Gasteiger partial charge on any atom is 0.228 e. The number of nitrogens with one attached hydrogen (secondary N) is 1. The number of carbonyl (C=O) groups excluding carboxylic acids is 1. The number of hydrogen-bond donors (Lipinski definition) is 1. The van der Waals surface area contributed by atoms with Gasteiger partial charge in [-0.3, -0.25) is 4.79 Å². The number of rotatable bonds is 5. The van der Waals surface area contributed by atoms with Gasteiger partial charge in [0.1, 0.15) is 17.8 Å². The van der Waals surface area contributed by atoms with E-state index in [1.807, 2.05) is 0 Å². The molecule has 0 atom stereocenters. The van der Waals surface area contributed by atoms with Gasteiger partial charge in [0.15, 0.2) is 5.82 Å². The van der Waals surface area contributed by atoms with Crippen LogP contribution in [-0.4, -0.2) is 52.0 Å². The average molecular weight is 382 g/mol. The van der Waals surface area contributed by atoms with Gasteiger partial charge in [0, 0.05) is 13.1 Å². The highest BCUT2D eigenvalue weighted by molar-refractivity contribution is 5.92. The first-order chi connectivity index (χ1) is 13.7. The molecule has 0 spiro atoms. The molecule has 28 heavy (non-hydrogen) atoms. The summed E-state index contributed by atoms with van der Waals surface area (Å²) in [6.45, 7) is 2.81. The van der Waals surface area contributed by atoms with E-state index in [4.69, 9.17) is 4.74 Å². The third-order valence-electron chi connectivity index (χ3n) is 4.39. The lowest BCUT2D eigenvalue weighted by Gasteiger charge is -2.29. The number of benzene rings is 1. The molecule has 1 saturated heterocycles. The third-order valence-corrected chi connectivity index (χ3v) is 4.39. The maximum atomic E-state index is 13.0. The van der Waals surface area contributed by atoms with Gasteiger partial charge in [0.05, 0.1) is 43.9 Å². The van der Waals surface area contributed by atoms with Crippen LogP contribution in [0.5, 0.6) is 0 Å². The summed E-state index contributed by atoms with van der Waals surface area (Å²) in [6, 6.07) is 5.85. The largest absolute Gasteiger partial charge is 0.378 e. The predicted molar refractivity (Wildman–Crippen MR) is 101 cm³/mol. The van der Waals surface area contributed by atoms with Gasteiger partial charge in [0.2, 0.25) is 5.91 Å². The Morgan fingerprint density at radius 1 is 1.18 bits per heavy atom. The first-order valence-electron chi connectivity index (χ1n) is 8.91. The standard InChI is InChI=1S/C19H19FN6O2/c20-15-3-1-14(2-4-15)9-18(27)24-16-10-23-26(12-16)19-17(11-21-13-22-19)25-5-7-28-8-6-25/h1-4,10-13H,5-9H2,(H,24,27). The first kappa shape index (κ1) is 18.1. The second-order valence-corrected chi connectivity index (χ2v) is 6.36. The Morgan fingerprint density at radius 2 is 1.96 bits per heavy atom. The third kappa shape index (κ3) is 4.15. The fourth-order valence-corrected chi connectivity index (χ4v) is 3.02. The fourth-order valence-electron chi connectivity index (χ4n) is 3.02. The highest BCUT2D eigenvalue weighted by Crippen LogP contribution is 2.22. The molecule has 1 fully saturated rings. The van der Waals surface area contributed by atoms with Crippen molar-refractivity contribution in [1.82, 2.24) is 19.7 Å². The Morgan fingerprint density at radius 3 is 2.75 bits per heavy atom. The summed E-state index contributed by atoms with van der Waals surface area (Å²) in [7, 11) is 0. The van der Waals surface area contributed by atoms with Gasteiger partial charge in [-0.05, 0) is 17.7 Å². The van der Waals surface area contributed by atoms with E-state index in [0.29, 0.717) is 24.7 Å². The number of anilines is 2. The molecular weight excluding hydrogens is 363 g/mol. The molecule has 0 bridgehead atoms. The van der Waals surface area contributed by atoms with E-state index in [1.165, 1.54) is 18.5 Å². The van der Waals surface area contributed by atoms with Crippen LogP contribution < -0.4 is 10.2 Å².